The minimum Gasteiger partial charge on any atom is -0.228 e. The average Bonchev–Trinajstić information content (AvgIpc) is 3.85. The van der Waals surface area contributed by atoms with E-state index in [1.54, 1.807) is 0 Å². The Bertz CT molecular complexity index is 2750. The molecular formula is C49H30N2S. The maximum Gasteiger partial charge on any atom is 0.160 e. The maximum atomic E-state index is 5.17. The molecule has 0 fully saturated rings. The molecule has 0 saturated heterocycles. The first kappa shape index (κ1) is 29.3. The summed E-state index contributed by atoms with van der Waals surface area (Å²) in [5.74, 6) is 0.714. The summed E-state index contributed by atoms with van der Waals surface area (Å²) in [6, 6.07) is 65.7. The highest BCUT2D eigenvalue weighted by molar-refractivity contribution is 7.20. The molecule has 0 N–H and O–H groups in total. The summed E-state index contributed by atoms with van der Waals surface area (Å²) in [7, 11) is 0. The van der Waals surface area contributed by atoms with Crippen LogP contribution in [0.5, 0.6) is 0 Å². The molecule has 0 bridgehead atoms. The Morgan fingerprint density at radius 2 is 0.904 bits per heavy atom. The van der Waals surface area contributed by atoms with Crippen molar-refractivity contribution in [3.8, 4) is 67.3 Å². The van der Waals surface area contributed by atoms with E-state index in [9.17, 15) is 0 Å². The number of nitrogens with zero attached hydrogens (tertiary/aromatic N) is 2. The van der Waals surface area contributed by atoms with E-state index in [2.05, 4.69) is 170 Å². The Morgan fingerprint density at radius 1 is 0.385 bits per heavy atom. The first-order chi connectivity index (χ1) is 25.8. The highest BCUT2D eigenvalue weighted by Gasteiger charge is 2.53. The van der Waals surface area contributed by atoms with Gasteiger partial charge in [0.1, 0.15) is 0 Å². The zero-order chi connectivity index (χ0) is 34.2. The van der Waals surface area contributed by atoms with Crippen molar-refractivity contribution in [2.75, 3.05) is 0 Å². The van der Waals surface area contributed by atoms with E-state index in [0.717, 1.165) is 33.6 Å². The third-order valence-corrected chi connectivity index (χ3v) is 12.2. The molecule has 7 aromatic carbocycles. The van der Waals surface area contributed by atoms with Crippen LogP contribution in [-0.4, -0.2) is 9.97 Å². The molecule has 2 aromatic heterocycles. The molecule has 0 radical (unpaired) electrons. The lowest BCUT2D eigenvalue weighted by molar-refractivity contribution is 0.812. The fourth-order valence-corrected chi connectivity index (χ4v) is 10.2. The average molecular weight is 679 g/mol. The van der Waals surface area contributed by atoms with Gasteiger partial charge in [0.15, 0.2) is 5.82 Å². The third-order valence-electron chi connectivity index (χ3n) is 10.9. The summed E-state index contributed by atoms with van der Waals surface area (Å²) in [5.41, 5.74) is 16.4. The van der Waals surface area contributed by atoms with Gasteiger partial charge < -0.3 is 0 Å². The molecule has 2 heterocycles. The van der Waals surface area contributed by atoms with Crippen LogP contribution in [0.25, 0.3) is 77.4 Å². The van der Waals surface area contributed by atoms with Crippen LogP contribution in [0.4, 0.5) is 0 Å². The van der Waals surface area contributed by atoms with Gasteiger partial charge in [-0.25, -0.2) is 9.97 Å². The minimum atomic E-state index is -0.382. The van der Waals surface area contributed by atoms with Crippen molar-refractivity contribution >= 4 is 21.4 Å². The summed E-state index contributed by atoms with van der Waals surface area (Å²) < 4.78 is 1.32. The summed E-state index contributed by atoms with van der Waals surface area (Å²) in [4.78, 5) is 11.8. The number of hydrogen-bond acceptors (Lipinski definition) is 3. The Morgan fingerprint density at radius 3 is 1.60 bits per heavy atom. The number of fused-ring (bicyclic) bond motifs is 12. The lowest BCUT2D eigenvalue weighted by Gasteiger charge is -2.29. The topological polar surface area (TPSA) is 25.8 Å². The number of aromatic nitrogens is 2. The van der Waals surface area contributed by atoms with Gasteiger partial charge in [0.2, 0.25) is 0 Å². The van der Waals surface area contributed by atoms with Crippen molar-refractivity contribution in [2.24, 2.45) is 0 Å². The maximum absolute atomic E-state index is 5.17. The van der Waals surface area contributed by atoms with Crippen LogP contribution in [0.15, 0.2) is 182 Å². The predicted octanol–water partition coefficient (Wildman–Crippen LogP) is 12.7. The van der Waals surface area contributed by atoms with Gasteiger partial charge in [0, 0.05) is 37.2 Å². The fourth-order valence-electron chi connectivity index (χ4n) is 8.74. The molecule has 2 aliphatic rings. The molecule has 1 spiro atoms. The summed E-state index contributed by atoms with van der Waals surface area (Å²) in [6.07, 6.45) is 0. The number of thiophene rings is 1. The summed E-state index contributed by atoms with van der Waals surface area (Å²) in [6.45, 7) is 0. The van der Waals surface area contributed by atoms with Crippen LogP contribution in [0.2, 0.25) is 0 Å². The summed E-state index contributed by atoms with van der Waals surface area (Å²) in [5, 5.41) is 1.32. The van der Waals surface area contributed by atoms with Gasteiger partial charge in [0.05, 0.1) is 16.8 Å². The Kier molecular flexibility index (Phi) is 6.37. The van der Waals surface area contributed by atoms with Gasteiger partial charge in [-0.05, 0) is 62.7 Å². The molecule has 3 heteroatoms. The van der Waals surface area contributed by atoms with E-state index in [4.69, 9.17) is 9.97 Å². The Balaban J connectivity index is 1.16. The first-order valence-electron chi connectivity index (χ1n) is 17.7. The molecule has 0 amide bonds. The number of hydrogen-bond donors (Lipinski definition) is 0. The SMILES string of the molecule is c1ccc(-c2cc(-c3ccccc3)nc(-c3cccc(-c4cccc5c4-c4c(sc6ccccc46)C54c5ccccc5-c5ccccc54)c3)n2)cc1. The third kappa shape index (κ3) is 4.11. The molecule has 9 aromatic rings. The molecule has 2 nitrogen and oxygen atoms in total. The molecule has 52 heavy (non-hydrogen) atoms. The van der Waals surface area contributed by atoms with Gasteiger partial charge >= 0.3 is 0 Å². The van der Waals surface area contributed by atoms with Gasteiger partial charge in [-0.15, -0.1) is 11.3 Å². The Hall–Kier alpha value is -6.42. The smallest absolute Gasteiger partial charge is 0.160 e. The van der Waals surface area contributed by atoms with Crippen LogP contribution in [0.3, 0.4) is 0 Å². The molecule has 0 unspecified atom stereocenters. The van der Waals surface area contributed by atoms with Crippen molar-refractivity contribution in [1.82, 2.24) is 9.97 Å². The molecule has 0 saturated carbocycles. The van der Waals surface area contributed by atoms with Crippen LogP contribution in [-0.2, 0) is 5.41 Å². The lowest BCUT2D eigenvalue weighted by atomic mass is 9.73. The van der Waals surface area contributed by atoms with Gasteiger partial charge in [-0.1, -0.05) is 164 Å². The van der Waals surface area contributed by atoms with E-state index in [1.165, 1.54) is 59.5 Å². The van der Waals surface area contributed by atoms with Crippen molar-refractivity contribution in [1.29, 1.82) is 0 Å². The molecule has 0 atom stereocenters. The van der Waals surface area contributed by atoms with E-state index in [1.807, 2.05) is 23.5 Å². The van der Waals surface area contributed by atoms with Crippen LogP contribution >= 0.6 is 11.3 Å². The van der Waals surface area contributed by atoms with Crippen molar-refractivity contribution in [3.63, 3.8) is 0 Å². The zero-order valence-electron chi connectivity index (χ0n) is 28.1. The largest absolute Gasteiger partial charge is 0.228 e. The normalized spacial score (nSPS) is 13.2. The minimum absolute atomic E-state index is 0.382. The first-order valence-corrected chi connectivity index (χ1v) is 18.6. The zero-order valence-corrected chi connectivity index (χ0v) is 28.9. The number of rotatable bonds is 4. The van der Waals surface area contributed by atoms with Crippen LogP contribution < -0.4 is 0 Å². The second kappa shape index (κ2) is 11.3. The highest BCUT2D eigenvalue weighted by Crippen LogP contribution is 2.67. The van der Waals surface area contributed by atoms with Gasteiger partial charge in [0.25, 0.3) is 0 Å². The molecule has 0 aliphatic heterocycles. The van der Waals surface area contributed by atoms with Crippen molar-refractivity contribution in [2.45, 2.75) is 5.41 Å². The highest BCUT2D eigenvalue weighted by atomic mass is 32.1. The van der Waals surface area contributed by atoms with Gasteiger partial charge in [-0.3, -0.25) is 0 Å². The van der Waals surface area contributed by atoms with Crippen molar-refractivity contribution < 1.29 is 0 Å². The summed E-state index contributed by atoms with van der Waals surface area (Å²) >= 11 is 1.95. The predicted molar refractivity (Wildman–Crippen MR) is 215 cm³/mol. The van der Waals surface area contributed by atoms with E-state index >= 15 is 0 Å². The second-order valence-corrected chi connectivity index (χ2v) is 14.7. The standard InChI is InChI=1S/C49H30N2S/c1-3-15-31(16-4-1)42-30-43(32-17-5-2-6-18-32)51-48(50-42)34-20-13-19-33(29-34)35-24-14-27-41-45(35)46-38-23-9-12-28-44(38)52-47(46)49(41)39-25-10-7-21-36(39)37-22-8-11-26-40(37)49/h1-30H. The molecule has 2 aliphatic carbocycles. The quantitative estimate of drug-likeness (QED) is 0.185. The molecule has 242 valence electrons. The number of benzene rings is 7. The Labute approximate surface area is 306 Å². The second-order valence-electron chi connectivity index (χ2n) is 13.6. The van der Waals surface area contributed by atoms with E-state index in [-0.39, 0.29) is 5.41 Å². The van der Waals surface area contributed by atoms with Crippen LogP contribution in [0, 0.1) is 0 Å². The molecule has 11 rings (SSSR count). The van der Waals surface area contributed by atoms with E-state index in [0.29, 0.717) is 5.82 Å². The molecular weight excluding hydrogens is 649 g/mol. The van der Waals surface area contributed by atoms with Crippen molar-refractivity contribution in [3.05, 3.63) is 204 Å². The van der Waals surface area contributed by atoms with Gasteiger partial charge in [-0.2, -0.15) is 0 Å². The monoisotopic (exact) mass is 678 g/mol. The lowest BCUT2D eigenvalue weighted by Crippen LogP contribution is -2.24. The van der Waals surface area contributed by atoms with E-state index < -0.39 is 0 Å². The fraction of sp³-hybridized carbons (Fsp3) is 0.0204. The van der Waals surface area contributed by atoms with Crippen LogP contribution in [0.1, 0.15) is 21.6 Å².